The molecular weight excluding hydrogens is 451 g/mol. The van der Waals surface area contributed by atoms with E-state index in [1.54, 1.807) is 36.4 Å². The Morgan fingerprint density at radius 3 is 2.40 bits per heavy atom. The Labute approximate surface area is 158 Å². The maximum atomic E-state index is 12.8. The van der Waals surface area contributed by atoms with Crippen molar-refractivity contribution in [3.8, 4) is 0 Å². The smallest absolute Gasteiger partial charge is 0.265 e. The zero-order valence-corrected chi connectivity index (χ0v) is 15.9. The first-order valence-corrected chi connectivity index (χ1v) is 10.1. The summed E-state index contributed by atoms with van der Waals surface area (Å²) in [5.41, 5.74) is 1.18. The van der Waals surface area contributed by atoms with Gasteiger partial charge in [-0.05, 0) is 64.4 Å². The summed E-state index contributed by atoms with van der Waals surface area (Å²) in [5, 5.41) is 4.26. The molecule has 0 aliphatic carbocycles. The highest BCUT2D eigenvalue weighted by atomic mass is 127. The zero-order chi connectivity index (χ0) is 17.6. The lowest BCUT2D eigenvalue weighted by atomic mass is 10.1. The Balaban J connectivity index is 1.66. The summed E-state index contributed by atoms with van der Waals surface area (Å²) < 4.78 is 27.9. The monoisotopic (exact) mass is 464 g/mol. The Bertz CT molecular complexity index is 1090. The van der Waals surface area contributed by atoms with Crippen molar-refractivity contribution in [2.24, 2.45) is 0 Å². The van der Waals surface area contributed by atoms with Crippen molar-refractivity contribution in [1.82, 2.24) is 0 Å². The van der Waals surface area contributed by atoms with Gasteiger partial charge >= 0.3 is 0 Å². The maximum Gasteiger partial charge on any atom is 0.265 e. The van der Waals surface area contributed by atoms with Gasteiger partial charge in [0.25, 0.3) is 10.0 Å². The molecule has 1 amide bonds. The quantitative estimate of drug-likeness (QED) is 0.603. The highest BCUT2D eigenvalue weighted by Crippen LogP contribution is 2.41. The number of hydrogen-bond acceptors (Lipinski definition) is 3. The second-order valence-corrected chi connectivity index (χ2v) is 8.77. The lowest BCUT2D eigenvalue weighted by Crippen LogP contribution is -2.35. The Kier molecular flexibility index (Phi) is 3.92. The van der Waals surface area contributed by atoms with Gasteiger partial charge < -0.3 is 5.32 Å². The van der Waals surface area contributed by atoms with Crippen LogP contribution in [0.1, 0.15) is 0 Å². The molecule has 7 heteroatoms. The third-order valence-corrected chi connectivity index (χ3v) is 6.62. The van der Waals surface area contributed by atoms with E-state index in [0.29, 0.717) is 16.8 Å². The SMILES string of the molecule is O=C(CN1c2cccc3cccc(c23)S1(=O)=O)Nc1ccc(I)cc1. The predicted molar refractivity (Wildman–Crippen MR) is 106 cm³/mol. The fourth-order valence-corrected chi connectivity index (χ4v) is 5.02. The predicted octanol–water partition coefficient (Wildman–Crippen LogP) is 3.59. The largest absolute Gasteiger partial charge is 0.325 e. The second kappa shape index (κ2) is 5.99. The number of benzene rings is 3. The molecule has 5 nitrogen and oxygen atoms in total. The van der Waals surface area contributed by atoms with Crippen LogP contribution in [0.4, 0.5) is 11.4 Å². The van der Waals surface area contributed by atoms with Gasteiger partial charge in [-0.3, -0.25) is 9.10 Å². The number of carbonyl (C=O) groups excluding carboxylic acids is 1. The fourth-order valence-electron chi connectivity index (χ4n) is 2.99. The van der Waals surface area contributed by atoms with Crippen LogP contribution in [0.2, 0.25) is 0 Å². The van der Waals surface area contributed by atoms with Crippen LogP contribution in [0.15, 0.2) is 65.6 Å². The number of halogens is 1. The van der Waals surface area contributed by atoms with Gasteiger partial charge in [0, 0.05) is 14.6 Å². The van der Waals surface area contributed by atoms with E-state index in [2.05, 4.69) is 27.9 Å². The molecule has 25 heavy (non-hydrogen) atoms. The van der Waals surface area contributed by atoms with Gasteiger partial charge in [-0.15, -0.1) is 0 Å². The molecule has 126 valence electrons. The van der Waals surface area contributed by atoms with Crippen LogP contribution in [0.3, 0.4) is 0 Å². The number of amides is 1. The summed E-state index contributed by atoms with van der Waals surface area (Å²) >= 11 is 2.18. The lowest BCUT2D eigenvalue weighted by molar-refractivity contribution is -0.114. The number of anilines is 2. The van der Waals surface area contributed by atoms with Gasteiger partial charge in [-0.25, -0.2) is 8.42 Å². The van der Waals surface area contributed by atoms with Crippen LogP contribution >= 0.6 is 22.6 Å². The van der Waals surface area contributed by atoms with Gasteiger partial charge in [-0.1, -0.05) is 24.3 Å². The van der Waals surface area contributed by atoms with Crippen molar-refractivity contribution in [2.75, 3.05) is 16.2 Å². The second-order valence-electron chi connectivity index (χ2n) is 5.70. The molecule has 1 aliphatic rings. The summed E-state index contributed by atoms with van der Waals surface area (Å²) in [5.74, 6) is -0.380. The molecule has 0 aromatic heterocycles. The van der Waals surface area contributed by atoms with E-state index in [0.717, 1.165) is 8.96 Å². The summed E-state index contributed by atoms with van der Waals surface area (Å²) in [7, 11) is -3.72. The van der Waals surface area contributed by atoms with E-state index in [9.17, 15) is 13.2 Å². The van der Waals surface area contributed by atoms with E-state index in [1.807, 2.05) is 24.3 Å². The van der Waals surface area contributed by atoms with E-state index in [1.165, 1.54) is 4.31 Å². The molecule has 3 aromatic rings. The highest BCUT2D eigenvalue weighted by molar-refractivity contribution is 14.1. The molecule has 3 aromatic carbocycles. The fraction of sp³-hybridized carbons (Fsp3) is 0.0556. The van der Waals surface area contributed by atoms with Crippen LogP contribution in [-0.2, 0) is 14.8 Å². The number of nitrogens with one attached hydrogen (secondary N) is 1. The molecule has 0 radical (unpaired) electrons. The van der Waals surface area contributed by atoms with E-state index in [-0.39, 0.29) is 17.3 Å². The molecule has 0 atom stereocenters. The lowest BCUT2D eigenvalue weighted by Gasteiger charge is -2.18. The highest BCUT2D eigenvalue weighted by Gasteiger charge is 2.36. The number of hydrogen-bond donors (Lipinski definition) is 1. The van der Waals surface area contributed by atoms with Gasteiger partial charge in [0.05, 0.1) is 10.6 Å². The molecule has 1 heterocycles. The van der Waals surface area contributed by atoms with Gasteiger partial charge in [0.1, 0.15) is 6.54 Å². The Morgan fingerprint density at radius 2 is 1.68 bits per heavy atom. The molecule has 1 N–H and O–H groups in total. The Morgan fingerprint density at radius 1 is 1.00 bits per heavy atom. The summed E-state index contributed by atoms with van der Waals surface area (Å²) in [6.45, 7) is -0.262. The summed E-state index contributed by atoms with van der Waals surface area (Å²) in [6.07, 6.45) is 0. The van der Waals surface area contributed by atoms with Crippen LogP contribution in [0.25, 0.3) is 10.8 Å². The van der Waals surface area contributed by atoms with E-state index < -0.39 is 10.0 Å². The minimum Gasteiger partial charge on any atom is -0.325 e. The minimum absolute atomic E-state index is 0.252. The summed E-state index contributed by atoms with van der Waals surface area (Å²) in [6, 6.07) is 17.9. The van der Waals surface area contributed by atoms with Crippen molar-refractivity contribution >= 4 is 60.7 Å². The van der Waals surface area contributed by atoms with Gasteiger partial charge in [0.15, 0.2) is 0 Å². The third-order valence-electron chi connectivity index (χ3n) is 4.10. The van der Waals surface area contributed by atoms with Crippen molar-refractivity contribution in [2.45, 2.75) is 4.90 Å². The topological polar surface area (TPSA) is 66.5 Å². The number of sulfonamides is 1. The van der Waals surface area contributed by atoms with Crippen LogP contribution in [0, 0.1) is 3.57 Å². The van der Waals surface area contributed by atoms with Crippen molar-refractivity contribution < 1.29 is 13.2 Å². The van der Waals surface area contributed by atoms with Crippen molar-refractivity contribution in [1.29, 1.82) is 0 Å². The van der Waals surface area contributed by atoms with Crippen LogP contribution < -0.4 is 9.62 Å². The molecule has 0 saturated carbocycles. The number of rotatable bonds is 3. The number of nitrogens with zero attached hydrogens (tertiary/aromatic N) is 1. The van der Waals surface area contributed by atoms with Gasteiger partial charge in [0.2, 0.25) is 5.91 Å². The molecule has 1 aliphatic heterocycles. The zero-order valence-electron chi connectivity index (χ0n) is 12.9. The standard InChI is InChI=1S/C18H13IN2O3S/c19-13-7-9-14(10-8-13)20-17(22)11-21-15-5-1-3-12-4-2-6-16(18(12)15)25(21,23)24/h1-10H,11H2,(H,20,22). The molecule has 0 saturated heterocycles. The van der Waals surface area contributed by atoms with Crippen molar-refractivity contribution in [3.63, 3.8) is 0 Å². The summed E-state index contributed by atoms with van der Waals surface area (Å²) in [4.78, 5) is 12.6. The minimum atomic E-state index is -3.72. The average Bonchev–Trinajstić information content (AvgIpc) is 2.81. The molecular formula is C18H13IN2O3S. The van der Waals surface area contributed by atoms with Gasteiger partial charge in [-0.2, -0.15) is 0 Å². The normalized spacial score (nSPS) is 14.7. The molecule has 0 spiro atoms. The number of carbonyl (C=O) groups is 1. The molecule has 0 fully saturated rings. The van der Waals surface area contributed by atoms with E-state index >= 15 is 0 Å². The first-order valence-electron chi connectivity index (χ1n) is 7.57. The average molecular weight is 464 g/mol. The first kappa shape index (κ1) is 16.3. The van der Waals surface area contributed by atoms with Crippen molar-refractivity contribution in [3.05, 3.63) is 64.2 Å². The first-order chi connectivity index (χ1) is 12.0. The molecule has 0 unspecified atom stereocenters. The molecule has 0 bridgehead atoms. The molecule has 4 rings (SSSR count). The van der Waals surface area contributed by atoms with Crippen LogP contribution in [-0.4, -0.2) is 20.9 Å². The van der Waals surface area contributed by atoms with Crippen LogP contribution in [0.5, 0.6) is 0 Å². The van der Waals surface area contributed by atoms with E-state index in [4.69, 9.17) is 0 Å². The maximum absolute atomic E-state index is 12.8. The Hall–Kier alpha value is -2.13. The third kappa shape index (κ3) is 2.77.